The third-order valence-electron chi connectivity index (χ3n) is 2.93. The van der Waals surface area contributed by atoms with Crippen LogP contribution in [0.15, 0.2) is 12.1 Å². The molecule has 0 aromatic heterocycles. The molecule has 19 heavy (non-hydrogen) atoms. The van der Waals surface area contributed by atoms with Crippen LogP contribution in [0.25, 0.3) is 0 Å². The molecule has 0 heterocycles. The normalized spacial score (nSPS) is 11.1. The minimum atomic E-state index is -0.558. The van der Waals surface area contributed by atoms with Gasteiger partial charge in [-0.3, -0.25) is 0 Å². The van der Waals surface area contributed by atoms with Crippen LogP contribution >= 0.6 is 0 Å². The topological polar surface area (TPSA) is 35.5 Å². The molecule has 0 unspecified atom stereocenters. The highest BCUT2D eigenvalue weighted by molar-refractivity contribution is 5.51. The van der Waals surface area contributed by atoms with Crippen molar-refractivity contribution in [2.45, 2.75) is 32.9 Å². The van der Waals surface area contributed by atoms with Crippen LogP contribution in [0.1, 0.15) is 25.8 Å². The van der Waals surface area contributed by atoms with Gasteiger partial charge in [0.25, 0.3) is 0 Å². The van der Waals surface area contributed by atoms with Crippen LogP contribution in [0.5, 0.6) is 0 Å². The molecule has 0 aliphatic rings. The first-order chi connectivity index (χ1) is 9.01. The van der Waals surface area contributed by atoms with E-state index in [9.17, 15) is 8.78 Å². The van der Waals surface area contributed by atoms with Gasteiger partial charge in [0.2, 0.25) is 0 Å². The van der Waals surface area contributed by atoms with Crippen molar-refractivity contribution in [1.29, 1.82) is 0 Å². The van der Waals surface area contributed by atoms with E-state index in [-0.39, 0.29) is 18.3 Å². The number of aliphatic hydroxyl groups is 1. The van der Waals surface area contributed by atoms with Crippen molar-refractivity contribution in [1.82, 2.24) is 5.32 Å². The Kier molecular flexibility index (Phi) is 6.18. The van der Waals surface area contributed by atoms with E-state index < -0.39 is 11.6 Å². The summed E-state index contributed by atoms with van der Waals surface area (Å²) in [6.07, 6.45) is 0.481. The van der Waals surface area contributed by atoms with Gasteiger partial charge in [0.15, 0.2) is 0 Å². The lowest BCUT2D eigenvalue weighted by Crippen LogP contribution is -2.34. The molecule has 5 heteroatoms. The Morgan fingerprint density at radius 1 is 1.26 bits per heavy atom. The second-order valence-corrected chi connectivity index (χ2v) is 4.80. The van der Waals surface area contributed by atoms with Gasteiger partial charge in [0.1, 0.15) is 17.3 Å². The number of anilines is 1. The fourth-order valence-electron chi connectivity index (χ4n) is 2.07. The maximum atomic E-state index is 14.1. The minimum Gasteiger partial charge on any atom is -0.396 e. The Balaban J connectivity index is 3.08. The minimum absolute atomic E-state index is 0.00426. The number of nitrogens with one attached hydrogen (secondary N) is 1. The average molecular weight is 272 g/mol. The van der Waals surface area contributed by atoms with Crippen LogP contribution in [0.4, 0.5) is 14.5 Å². The van der Waals surface area contributed by atoms with Crippen LogP contribution in [-0.4, -0.2) is 31.3 Å². The third kappa shape index (κ3) is 4.14. The van der Waals surface area contributed by atoms with Gasteiger partial charge in [-0.15, -0.1) is 0 Å². The van der Waals surface area contributed by atoms with Gasteiger partial charge in [-0.1, -0.05) is 0 Å². The Bertz CT molecular complexity index is 387. The summed E-state index contributed by atoms with van der Waals surface area (Å²) in [7, 11) is 1.73. The smallest absolute Gasteiger partial charge is 0.149 e. The van der Waals surface area contributed by atoms with Crippen molar-refractivity contribution < 1.29 is 13.9 Å². The lowest BCUT2D eigenvalue weighted by atomic mass is 10.1. The number of hydrogen-bond donors (Lipinski definition) is 2. The van der Waals surface area contributed by atoms with Gasteiger partial charge in [-0.25, -0.2) is 8.78 Å². The van der Waals surface area contributed by atoms with E-state index in [4.69, 9.17) is 5.11 Å². The zero-order chi connectivity index (χ0) is 14.4. The predicted molar refractivity (Wildman–Crippen MR) is 73.3 cm³/mol. The molecule has 1 aromatic rings. The van der Waals surface area contributed by atoms with Crippen molar-refractivity contribution >= 4 is 5.69 Å². The van der Waals surface area contributed by atoms with Crippen LogP contribution in [0.3, 0.4) is 0 Å². The monoisotopic (exact) mass is 272 g/mol. The second kappa shape index (κ2) is 7.40. The largest absolute Gasteiger partial charge is 0.396 e. The van der Waals surface area contributed by atoms with Gasteiger partial charge in [-0.05, 0) is 45.0 Å². The van der Waals surface area contributed by atoms with Crippen molar-refractivity contribution in [2.24, 2.45) is 0 Å². The third-order valence-corrected chi connectivity index (χ3v) is 2.93. The summed E-state index contributed by atoms with van der Waals surface area (Å²) in [5.74, 6) is -1.12. The van der Waals surface area contributed by atoms with Crippen LogP contribution < -0.4 is 10.2 Å². The fraction of sp³-hybridized carbons (Fsp3) is 0.571. The maximum Gasteiger partial charge on any atom is 0.149 e. The fourth-order valence-corrected chi connectivity index (χ4v) is 2.07. The van der Waals surface area contributed by atoms with E-state index in [1.54, 1.807) is 11.9 Å². The van der Waals surface area contributed by atoms with E-state index in [1.807, 2.05) is 13.8 Å². The summed E-state index contributed by atoms with van der Waals surface area (Å²) in [6, 6.07) is 2.66. The molecule has 0 saturated heterocycles. The number of hydrogen-bond acceptors (Lipinski definition) is 3. The van der Waals surface area contributed by atoms with Crippen LogP contribution in [0.2, 0.25) is 0 Å². The molecular weight excluding hydrogens is 250 g/mol. The first-order valence-electron chi connectivity index (χ1n) is 6.51. The Morgan fingerprint density at radius 2 is 1.84 bits per heavy atom. The highest BCUT2D eigenvalue weighted by Crippen LogP contribution is 2.27. The molecule has 3 nitrogen and oxygen atoms in total. The van der Waals surface area contributed by atoms with Crippen LogP contribution in [-0.2, 0) is 6.54 Å². The van der Waals surface area contributed by atoms with Gasteiger partial charge >= 0.3 is 0 Å². The quantitative estimate of drug-likeness (QED) is 0.799. The van der Waals surface area contributed by atoms with Gasteiger partial charge < -0.3 is 15.3 Å². The molecule has 0 atom stereocenters. The molecule has 0 radical (unpaired) electrons. The van der Waals surface area contributed by atoms with Crippen molar-refractivity contribution in [3.63, 3.8) is 0 Å². The highest BCUT2D eigenvalue weighted by Gasteiger charge is 2.20. The zero-order valence-electron chi connectivity index (χ0n) is 11.7. The summed E-state index contributed by atoms with van der Waals surface area (Å²) in [5, 5.41) is 11.7. The number of halogens is 2. The van der Waals surface area contributed by atoms with Crippen molar-refractivity contribution in [3.8, 4) is 0 Å². The molecular formula is C14H22F2N2O. The molecule has 1 rings (SSSR count). The van der Waals surface area contributed by atoms with Gasteiger partial charge in [-0.2, -0.15) is 0 Å². The van der Waals surface area contributed by atoms with Crippen molar-refractivity contribution in [2.75, 3.05) is 25.1 Å². The number of nitrogens with zero attached hydrogens (tertiary/aromatic N) is 1. The number of aliphatic hydroxyl groups excluding tert-OH is 1. The summed E-state index contributed by atoms with van der Waals surface area (Å²) in [4.78, 5) is 1.64. The number of rotatable bonds is 7. The lowest BCUT2D eigenvalue weighted by Gasteiger charge is -2.29. The maximum absolute atomic E-state index is 14.1. The Morgan fingerprint density at radius 3 is 2.26 bits per heavy atom. The van der Waals surface area contributed by atoms with E-state index in [1.165, 1.54) is 12.1 Å². The molecule has 108 valence electrons. The SMILES string of the molecule is CNCc1cc(F)c(N(CCCO)C(C)C)c(F)c1. The lowest BCUT2D eigenvalue weighted by molar-refractivity contribution is 0.288. The number of benzene rings is 1. The van der Waals surface area contributed by atoms with Gasteiger partial charge in [0, 0.05) is 25.7 Å². The summed E-state index contributed by atoms with van der Waals surface area (Å²) in [6.45, 7) is 4.60. The summed E-state index contributed by atoms with van der Waals surface area (Å²) >= 11 is 0. The average Bonchev–Trinajstić information content (AvgIpc) is 2.32. The van der Waals surface area contributed by atoms with Gasteiger partial charge in [0.05, 0.1) is 0 Å². The molecule has 2 N–H and O–H groups in total. The zero-order valence-corrected chi connectivity index (χ0v) is 11.7. The molecule has 0 aliphatic heterocycles. The molecule has 0 saturated carbocycles. The van der Waals surface area contributed by atoms with Crippen LogP contribution in [0, 0.1) is 11.6 Å². The molecule has 1 aromatic carbocycles. The first kappa shape index (κ1) is 15.9. The van der Waals surface area contributed by atoms with E-state index in [0.29, 0.717) is 25.1 Å². The predicted octanol–water partition coefficient (Wildman–Crippen LogP) is 2.28. The molecule has 0 spiro atoms. The molecule has 0 bridgehead atoms. The molecule has 0 aliphatic carbocycles. The summed E-state index contributed by atoms with van der Waals surface area (Å²) < 4.78 is 28.2. The Labute approximate surface area is 113 Å². The van der Waals surface area contributed by atoms with Crippen molar-refractivity contribution in [3.05, 3.63) is 29.3 Å². The molecule has 0 fully saturated rings. The first-order valence-corrected chi connectivity index (χ1v) is 6.51. The standard InChI is InChI=1S/C14H22F2N2O/c1-10(2)18(5-4-6-19)14-12(15)7-11(9-17-3)8-13(14)16/h7-8,10,17,19H,4-6,9H2,1-3H3. The van der Waals surface area contributed by atoms with E-state index >= 15 is 0 Å². The van der Waals surface area contributed by atoms with E-state index in [0.717, 1.165) is 0 Å². The molecule has 0 amide bonds. The Hall–Kier alpha value is -1.20. The highest BCUT2D eigenvalue weighted by atomic mass is 19.1. The second-order valence-electron chi connectivity index (χ2n) is 4.80. The summed E-state index contributed by atoms with van der Waals surface area (Å²) in [5.41, 5.74) is 0.565. The van der Waals surface area contributed by atoms with E-state index in [2.05, 4.69) is 5.32 Å².